The third kappa shape index (κ3) is 2.81. The highest BCUT2D eigenvalue weighted by Gasteiger charge is 2.47. The molecular weight excluding hydrogens is 236 g/mol. The lowest BCUT2D eigenvalue weighted by atomic mass is 9.91. The molecule has 0 radical (unpaired) electrons. The monoisotopic (exact) mass is 266 g/mol. The molecule has 0 aromatic heterocycles. The van der Waals surface area contributed by atoms with E-state index in [0.717, 1.165) is 12.8 Å². The Balaban J connectivity index is 2.19. The second-order valence-corrected chi connectivity index (χ2v) is 7.88. The third-order valence-corrected chi connectivity index (χ3v) is 4.80. The summed E-state index contributed by atoms with van der Waals surface area (Å²) in [6, 6.07) is 0.447. The fourth-order valence-corrected chi connectivity index (χ4v) is 3.67. The number of rotatable bonds is 3. The first kappa shape index (κ1) is 14.8. The van der Waals surface area contributed by atoms with E-state index in [4.69, 9.17) is 0 Å². The van der Waals surface area contributed by atoms with Crippen molar-refractivity contribution in [1.29, 1.82) is 0 Å². The molecule has 1 amide bonds. The van der Waals surface area contributed by atoms with Crippen LogP contribution in [0.4, 0.5) is 0 Å². The Hall–Kier alpha value is -0.570. The van der Waals surface area contributed by atoms with Crippen LogP contribution in [0, 0.1) is 17.3 Å². The van der Waals surface area contributed by atoms with Crippen LogP contribution < -0.4 is 5.32 Å². The first-order valence-corrected chi connectivity index (χ1v) is 7.81. The van der Waals surface area contributed by atoms with E-state index >= 15 is 0 Å². The van der Waals surface area contributed by atoms with E-state index in [-0.39, 0.29) is 12.2 Å². The summed E-state index contributed by atoms with van der Waals surface area (Å²) >= 11 is 0. The molecule has 1 heterocycles. The molecule has 2 fully saturated rings. The van der Waals surface area contributed by atoms with Gasteiger partial charge >= 0.3 is 0 Å². The summed E-state index contributed by atoms with van der Waals surface area (Å²) in [5.74, 6) is 1.17. The average molecular weight is 266 g/mol. The molecule has 3 heteroatoms. The Morgan fingerprint density at radius 1 is 1.21 bits per heavy atom. The maximum absolute atomic E-state index is 12.7. The molecule has 1 aliphatic heterocycles. The molecule has 3 unspecified atom stereocenters. The molecule has 0 bridgehead atoms. The summed E-state index contributed by atoms with van der Waals surface area (Å²) in [7, 11) is 0. The zero-order chi connectivity index (χ0) is 14.4. The van der Waals surface area contributed by atoms with Crippen molar-refractivity contribution in [3.05, 3.63) is 0 Å². The van der Waals surface area contributed by atoms with Crippen LogP contribution in [0.1, 0.15) is 60.8 Å². The Kier molecular flexibility index (Phi) is 3.97. The standard InChI is InChI=1S/C16H30N2O/c1-10(2)13-15(19)18(14(17-13)11(3)4)12-7-8-16(5,6)9-12/h10-14,17H,7-9H2,1-6H3. The van der Waals surface area contributed by atoms with Gasteiger partial charge in [-0.15, -0.1) is 0 Å². The van der Waals surface area contributed by atoms with Gasteiger partial charge in [0.15, 0.2) is 0 Å². The number of carbonyl (C=O) groups excluding carboxylic acids is 1. The van der Waals surface area contributed by atoms with Crippen LogP contribution in [0.5, 0.6) is 0 Å². The lowest BCUT2D eigenvalue weighted by Crippen LogP contribution is -2.46. The van der Waals surface area contributed by atoms with Gasteiger partial charge < -0.3 is 4.90 Å². The second kappa shape index (κ2) is 5.08. The Morgan fingerprint density at radius 3 is 2.26 bits per heavy atom. The summed E-state index contributed by atoms with van der Waals surface area (Å²) in [4.78, 5) is 14.9. The van der Waals surface area contributed by atoms with Crippen LogP contribution in [-0.2, 0) is 4.79 Å². The van der Waals surface area contributed by atoms with Crippen molar-refractivity contribution in [3.63, 3.8) is 0 Å². The maximum Gasteiger partial charge on any atom is 0.241 e. The Bertz CT molecular complexity index is 349. The predicted octanol–water partition coefficient (Wildman–Crippen LogP) is 3.00. The first-order valence-electron chi connectivity index (χ1n) is 7.81. The van der Waals surface area contributed by atoms with Crippen LogP contribution in [0.25, 0.3) is 0 Å². The van der Waals surface area contributed by atoms with Gasteiger partial charge in [0.2, 0.25) is 5.91 Å². The fourth-order valence-electron chi connectivity index (χ4n) is 3.67. The SMILES string of the molecule is CC(C)C1NC(C(C)C)N(C2CCC(C)(C)C2)C1=O. The van der Waals surface area contributed by atoms with Gasteiger partial charge in [-0.2, -0.15) is 0 Å². The van der Waals surface area contributed by atoms with Crippen molar-refractivity contribution in [2.45, 2.75) is 79.1 Å². The summed E-state index contributed by atoms with van der Waals surface area (Å²) in [5, 5.41) is 3.57. The third-order valence-electron chi connectivity index (χ3n) is 4.80. The molecule has 1 saturated heterocycles. The van der Waals surface area contributed by atoms with Crippen molar-refractivity contribution in [3.8, 4) is 0 Å². The quantitative estimate of drug-likeness (QED) is 0.851. The summed E-state index contributed by atoms with van der Waals surface area (Å²) in [6.07, 6.45) is 3.76. The highest BCUT2D eigenvalue weighted by atomic mass is 16.2. The topological polar surface area (TPSA) is 32.3 Å². The Labute approximate surface area is 118 Å². The van der Waals surface area contributed by atoms with Crippen molar-refractivity contribution in [1.82, 2.24) is 10.2 Å². The summed E-state index contributed by atoms with van der Waals surface area (Å²) in [6.45, 7) is 13.3. The minimum Gasteiger partial charge on any atom is -0.323 e. The van der Waals surface area contributed by atoms with Crippen LogP contribution in [-0.4, -0.2) is 29.1 Å². The average Bonchev–Trinajstić information content (AvgIpc) is 2.78. The number of amides is 1. The van der Waals surface area contributed by atoms with E-state index < -0.39 is 0 Å². The largest absolute Gasteiger partial charge is 0.323 e. The summed E-state index contributed by atoms with van der Waals surface area (Å²) < 4.78 is 0. The number of nitrogens with zero attached hydrogens (tertiary/aromatic N) is 1. The zero-order valence-electron chi connectivity index (χ0n) is 13.4. The highest BCUT2D eigenvalue weighted by Crippen LogP contribution is 2.41. The molecule has 19 heavy (non-hydrogen) atoms. The van der Waals surface area contributed by atoms with Gasteiger partial charge in [0.05, 0.1) is 12.2 Å². The molecule has 0 aromatic rings. The smallest absolute Gasteiger partial charge is 0.241 e. The number of hydrogen-bond acceptors (Lipinski definition) is 2. The van der Waals surface area contributed by atoms with Gasteiger partial charge in [0.1, 0.15) is 0 Å². The molecule has 1 aliphatic carbocycles. The van der Waals surface area contributed by atoms with E-state index in [0.29, 0.717) is 29.2 Å². The molecule has 3 atom stereocenters. The van der Waals surface area contributed by atoms with Gasteiger partial charge in [-0.25, -0.2) is 0 Å². The van der Waals surface area contributed by atoms with Crippen molar-refractivity contribution in [2.24, 2.45) is 17.3 Å². The highest BCUT2D eigenvalue weighted by molar-refractivity contribution is 5.85. The molecule has 2 aliphatic rings. The van der Waals surface area contributed by atoms with Crippen LogP contribution >= 0.6 is 0 Å². The van der Waals surface area contributed by atoms with Crippen LogP contribution in [0.2, 0.25) is 0 Å². The molecule has 0 aromatic carbocycles. The fraction of sp³-hybridized carbons (Fsp3) is 0.938. The lowest BCUT2D eigenvalue weighted by molar-refractivity contribution is -0.133. The minimum absolute atomic E-state index is 0.0103. The number of hydrogen-bond donors (Lipinski definition) is 1. The van der Waals surface area contributed by atoms with E-state index in [2.05, 4.69) is 51.8 Å². The molecular formula is C16H30N2O. The van der Waals surface area contributed by atoms with Crippen molar-refractivity contribution >= 4 is 5.91 Å². The summed E-state index contributed by atoms with van der Waals surface area (Å²) in [5.41, 5.74) is 0.391. The van der Waals surface area contributed by atoms with Gasteiger partial charge in [0, 0.05) is 6.04 Å². The van der Waals surface area contributed by atoms with Crippen molar-refractivity contribution in [2.75, 3.05) is 0 Å². The minimum atomic E-state index is 0.0103. The van der Waals surface area contributed by atoms with E-state index in [1.54, 1.807) is 0 Å². The zero-order valence-corrected chi connectivity index (χ0v) is 13.4. The van der Waals surface area contributed by atoms with Gasteiger partial charge in [-0.1, -0.05) is 41.5 Å². The molecule has 1 saturated carbocycles. The molecule has 110 valence electrons. The van der Waals surface area contributed by atoms with E-state index in [1.165, 1.54) is 6.42 Å². The number of carbonyl (C=O) groups is 1. The number of nitrogens with one attached hydrogen (secondary N) is 1. The van der Waals surface area contributed by atoms with Gasteiger partial charge in [0.25, 0.3) is 0 Å². The second-order valence-electron chi connectivity index (χ2n) is 7.88. The molecule has 1 N–H and O–H groups in total. The molecule has 3 nitrogen and oxygen atoms in total. The van der Waals surface area contributed by atoms with Gasteiger partial charge in [-0.3, -0.25) is 10.1 Å². The van der Waals surface area contributed by atoms with Crippen LogP contribution in [0.3, 0.4) is 0 Å². The molecule has 2 rings (SSSR count). The van der Waals surface area contributed by atoms with Crippen LogP contribution in [0.15, 0.2) is 0 Å². The van der Waals surface area contributed by atoms with Crippen molar-refractivity contribution < 1.29 is 4.79 Å². The maximum atomic E-state index is 12.7. The molecule has 0 spiro atoms. The normalized spacial score (nSPS) is 34.8. The van der Waals surface area contributed by atoms with E-state index in [1.807, 2.05) is 0 Å². The van der Waals surface area contributed by atoms with E-state index in [9.17, 15) is 4.79 Å². The predicted molar refractivity (Wildman–Crippen MR) is 78.7 cm³/mol. The Morgan fingerprint density at radius 2 is 1.84 bits per heavy atom. The lowest BCUT2D eigenvalue weighted by Gasteiger charge is -2.33. The van der Waals surface area contributed by atoms with Gasteiger partial charge in [-0.05, 0) is 36.5 Å². The first-order chi connectivity index (χ1) is 8.73.